The van der Waals surface area contributed by atoms with E-state index in [9.17, 15) is 4.79 Å². The van der Waals surface area contributed by atoms with Crippen molar-refractivity contribution in [2.45, 2.75) is 19.8 Å². The van der Waals surface area contributed by atoms with E-state index in [1.807, 2.05) is 0 Å². The molecule has 6 nitrogen and oxygen atoms in total. The van der Waals surface area contributed by atoms with Crippen LogP contribution < -0.4 is 10.6 Å². The molecule has 1 aliphatic heterocycles. The van der Waals surface area contributed by atoms with Gasteiger partial charge in [-0.1, -0.05) is 30.3 Å². The number of pyridine rings is 1. The zero-order chi connectivity index (χ0) is 19.6. The molecule has 1 saturated heterocycles. The number of hydrogen-bond donors (Lipinski definition) is 2. The van der Waals surface area contributed by atoms with Crippen molar-refractivity contribution in [3.8, 4) is 0 Å². The molecule has 1 aromatic carbocycles. The Kier molecular flexibility index (Phi) is 7.41. The van der Waals surface area contributed by atoms with Crippen molar-refractivity contribution in [1.82, 2.24) is 20.5 Å². The summed E-state index contributed by atoms with van der Waals surface area (Å²) in [7, 11) is 0. The number of rotatable bonds is 7. The monoisotopic (exact) mass is 379 g/mol. The van der Waals surface area contributed by atoms with E-state index in [-0.39, 0.29) is 5.91 Å². The van der Waals surface area contributed by atoms with Gasteiger partial charge in [-0.2, -0.15) is 0 Å². The topological polar surface area (TPSA) is 69.6 Å². The summed E-state index contributed by atoms with van der Waals surface area (Å²) in [5.41, 5.74) is 1.97. The molecule has 1 aromatic heterocycles. The Morgan fingerprint density at radius 3 is 2.82 bits per heavy atom. The molecule has 0 bridgehead atoms. The summed E-state index contributed by atoms with van der Waals surface area (Å²) in [6.45, 7) is 6.00. The molecule has 2 aromatic rings. The van der Waals surface area contributed by atoms with Crippen LogP contribution in [0.15, 0.2) is 59.9 Å². The van der Waals surface area contributed by atoms with Crippen molar-refractivity contribution in [1.29, 1.82) is 0 Å². The number of nitrogens with one attached hydrogen (secondary N) is 2. The smallest absolute Gasteiger partial charge is 0.252 e. The minimum absolute atomic E-state index is 0.114. The first-order valence-electron chi connectivity index (χ1n) is 10.0. The lowest BCUT2D eigenvalue weighted by Crippen LogP contribution is -2.40. The molecule has 1 aliphatic rings. The summed E-state index contributed by atoms with van der Waals surface area (Å²) in [5.74, 6) is 1.47. The lowest BCUT2D eigenvalue weighted by Gasteiger charge is -2.21. The van der Waals surface area contributed by atoms with E-state index in [1.54, 1.807) is 24.5 Å². The number of nitrogens with zero attached hydrogens (tertiary/aromatic N) is 3. The van der Waals surface area contributed by atoms with E-state index in [0.29, 0.717) is 24.6 Å². The molecule has 0 saturated carbocycles. The Morgan fingerprint density at radius 1 is 1.21 bits per heavy atom. The fraction of sp³-hybridized carbons (Fsp3) is 0.409. The van der Waals surface area contributed by atoms with Gasteiger partial charge in [0.15, 0.2) is 5.96 Å². The second kappa shape index (κ2) is 10.4. The number of likely N-dealkylation sites (tertiary alicyclic amines) is 1. The zero-order valence-corrected chi connectivity index (χ0v) is 16.5. The van der Waals surface area contributed by atoms with Crippen LogP contribution in [0.4, 0.5) is 0 Å². The molecule has 0 radical (unpaired) electrons. The normalized spacial score (nSPS) is 16.8. The summed E-state index contributed by atoms with van der Waals surface area (Å²) in [5, 5.41) is 6.28. The number of guanidine groups is 1. The first kappa shape index (κ1) is 19.9. The van der Waals surface area contributed by atoms with Crippen LogP contribution in [-0.4, -0.2) is 54.5 Å². The third-order valence-corrected chi connectivity index (χ3v) is 4.87. The molecule has 28 heavy (non-hydrogen) atoms. The van der Waals surface area contributed by atoms with Crippen LogP contribution in [0, 0.1) is 5.92 Å². The average molecular weight is 380 g/mol. The second-order valence-corrected chi connectivity index (χ2v) is 7.02. The van der Waals surface area contributed by atoms with Gasteiger partial charge in [0.2, 0.25) is 0 Å². The maximum absolute atomic E-state index is 12.1. The largest absolute Gasteiger partial charge is 0.357 e. The van der Waals surface area contributed by atoms with Crippen LogP contribution in [0.25, 0.3) is 0 Å². The van der Waals surface area contributed by atoms with Crippen molar-refractivity contribution < 1.29 is 4.79 Å². The molecule has 1 unspecified atom stereocenters. The minimum atomic E-state index is -0.114. The van der Waals surface area contributed by atoms with Crippen LogP contribution in [0.1, 0.15) is 29.3 Å². The highest BCUT2D eigenvalue weighted by Crippen LogP contribution is 2.20. The Balaban J connectivity index is 1.48. The number of benzene rings is 1. The van der Waals surface area contributed by atoms with E-state index in [1.165, 1.54) is 12.0 Å². The summed E-state index contributed by atoms with van der Waals surface area (Å²) in [6.07, 6.45) is 5.51. The van der Waals surface area contributed by atoms with Crippen LogP contribution in [-0.2, 0) is 6.42 Å². The first-order chi connectivity index (χ1) is 13.8. The van der Waals surface area contributed by atoms with E-state index >= 15 is 0 Å². The van der Waals surface area contributed by atoms with Gasteiger partial charge in [0.1, 0.15) is 0 Å². The van der Waals surface area contributed by atoms with Gasteiger partial charge in [0, 0.05) is 38.6 Å². The number of aromatic nitrogens is 1. The summed E-state index contributed by atoms with van der Waals surface area (Å²) in [4.78, 5) is 23.1. The molecule has 0 spiro atoms. The van der Waals surface area contributed by atoms with Gasteiger partial charge in [-0.05, 0) is 43.4 Å². The maximum atomic E-state index is 12.1. The van der Waals surface area contributed by atoms with Crippen LogP contribution >= 0.6 is 0 Å². The fourth-order valence-corrected chi connectivity index (χ4v) is 3.50. The number of amides is 1. The molecular formula is C22H29N5O. The molecular weight excluding hydrogens is 350 g/mol. The molecule has 2 N–H and O–H groups in total. The lowest BCUT2D eigenvalue weighted by atomic mass is 9.99. The Hall–Kier alpha value is -2.89. The van der Waals surface area contributed by atoms with Crippen molar-refractivity contribution in [3.63, 3.8) is 0 Å². The zero-order valence-electron chi connectivity index (χ0n) is 16.5. The van der Waals surface area contributed by atoms with Gasteiger partial charge in [-0.25, -0.2) is 0 Å². The third kappa shape index (κ3) is 5.81. The highest BCUT2D eigenvalue weighted by molar-refractivity contribution is 5.93. The van der Waals surface area contributed by atoms with Gasteiger partial charge in [0.25, 0.3) is 5.91 Å². The van der Waals surface area contributed by atoms with Gasteiger partial charge in [-0.15, -0.1) is 0 Å². The van der Waals surface area contributed by atoms with Crippen molar-refractivity contribution in [2.75, 3.05) is 32.7 Å². The fourth-order valence-electron chi connectivity index (χ4n) is 3.50. The average Bonchev–Trinajstić information content (AvgIpc) is 3.20. The molecule has 148 valence electrons. The molecule has 0 aliphatic carbocycles. The Labute approximate surface area is 167 Å². The maximum Gasteiger partial charge on any atom is 0.252 e. The van der Waals surface area contributed by atoms with Crippen LogP contribution in [0.2, 0.25) is 0 Å². The number of hydrogen-bond acceptors (Lipinski definition) is 3. The van der Waals surface area contributed by atoms with Gasteiger partial charge < -0.3 is 15.5 Å². The predicted molar refractivity (Wildman–Crippen MR) is 112 cm³/mol. The highest BCUT2D eigenvalue weighted by atomic mass is 16.1. The molecule has 2 heterocycles. The van der Waals surface area contributed by atoms with Gasteiger partial charge in [0.05, 0.1) is 12.1 Å². The quantitative estimate of drug-likeness (QED) is 0.440. The molecule has 1 amide bonds. The van der Waals surface area contributed by atoms with E-state index in [2.05, 4.69) is 57.8 Å². The van der Waals surface area contributed by atoms with Crippen LogP contribution in [0.3, 0.4) is 0 Å². The summed E-state index contributed by atoms with van der Waals surface area (Å²) >= 11 is 0. The number of aliphatic imine (C=N–C) groups is 1. The van der Waals surface area contributed by atoms with E-state index < -0.39 is 0 Å². The van der Waals surface area contributed by atoms with Gasteiger partial charge in [-0.3, -0.25) is 14.8 Å². The number of carbonyl (C=O) groups is 1. The van der Waals surface area contributed by atoms with Crippen LogP contribution in [0.5, 0.6) is 0 Å². The van der Waals surface area contributed by atoms with E-state index in [0.717, 1.165) is 32.0 Å². The summed E-state index contributed by atoms with van der Waals surface area (Å²) < 4.78 is 0. The van der Waals surface area contributed by atoms with Crippen molar-refractivity contribution in [2.24, 2.45) is 10.9 Å². The molecule has 3 rings (SSSR count). The first-order valence-corrected chi connectivity index (χ1v) is 10.0. The van der Waals surface area contributed by atoms with Gasteiger partial charge >= 0.3 is 0 Å². The number of carbonyl (C=O) groups excluding carboxylic acids is 1. The Bertz CT molecular complexity index is 763. The highest BCUT2D eigenvalue weighted by Gasteiger charge is 2.24. The molecule has 1 fully saturated rings. The van der Waals surface area contributed by atoms with Crippen molar-refractivity contribution in [3.05, 3.63) is 66.0 Å². The Morgan fingerprint density at radius 2 is 2.07 bits per heavy atom. The standard InChI is InChI=1S/C22H29N5O/c1-2-24-22(26-13-12-25-21(28)20-9-6-11-23-16-20)27-14-10-19(17-27)15-18-7-4-3-5-8-18/h3-9,11,16,19H,2,10,12-15,17H2,1H3,(H,24,26)(H,25,28). The third-order valence-electron chi connectivity index (χ3n) is 4.87. The molecule has 1 atom stereocenters. The summed E-state index contributed by atoms with van der Waals surface area (Å²) in [6, 6.07) is 14.2. The second-order valence-electron chi connectivity index (χ2n) is 7.02. The SMILES string of the molecule is CCNC(=NCCNC(=O)c1cccnc1)N1CCC(Cc2ccccc2)C1. The van der Waals surface area contributed by atoms with E-state index in [4.69, 9.17) is 4.99 Å². The van der Waals surface area contributed by atoms with Crippen molar-refractivity contribution >= 4 is 11.9 Å². The minimum Gasteiger partial charge on any atom is -0.357 e. The molecule has 6 heteroatoms. The lowest BCUT2D eigenvalue weighted by molar-refractivity contribution is 0.0954. The predicted octanol–water partition coefficient (Wildman–Crippen LogP) is 2.34.